The molecular weight excluding hydrogens is 283 g/mol. The molecule has 0 radical (unpaired) electrons. The highest BCUT2D eigenvalue weighted by molar-refractivity contribution is 7.53. The Bertz CT molecular complexity index is 342. The summed E-state index contributed by atoms with van der Waals surface area (Å²) in [5.41, 5.74) is 0. The van der Waals surface area contributed by atoms with Crippen molar-refractivity contribution in [2.45, 2.75) is 39.7 Å². The molecule has 0 aliphatic heterocycles. The second kappa shape index (κ2) is 11.0. The Morgan fingerprint density at radius 2 is 1.95 bits per heavy atom. The molecule has 0 aromatic rings. The summed E-state index contributed by atoms with van der Waals surface area (Å²) in [5.74, 6) is -0.537. The molecule has 0 saturated heterocycles. The predicted molar refractivity (Wildman–Crippen MR) is 76.7 cm³/mol. The topological polar surface area (TPSA) is 82.1 Å². The SMILES string of the molecule is CC=CC(=O)OCC(O)COP(=O)(CCC)OCCC. The second-order valence-corrected chi connectivity index (χ2v) is 6.43. The van der Waals surface area contributed by atoms with E-state index in [0.717, 1.165) is 6.42 Å². The maximum Gasteiger partial charge on any atom is 0.330 e. The summed E-state index contributed by atoms with van der Waals surface area (Å²) in [6, 6.07) is 0. The molecule has 0 aromatic heterocycles. The van der Waals surface area contributed by atoms with Crippen LogP contribution in [0.25, 0.3) is 0 Å². The van der Waals surface area contributed by atoms with Crippen molar-refractivity contribution in [3.05, 3.63) is 12.2 Å². The van der Waals surface area contributed by atoms with Gasteiger partial charge in [0, 0.05) is 12.2 Å². The van der Waals surface area contributed by atoms with Gasteiger partial charge in [0.1, 0.15) is 12.7 Å². The van der Waals surface area contributed by atoms with E-state index in [0.29, 0.717) is 19.2 Å². The Hall–Kier alpha value is -0.680. The van der Waals surface area contributed by atoms with Gasteiger partial charge >= 0.3 is 13.6 Å². The number of carbonyl (C=O) groups excluding carboxylic acids is 1. The lowest BCUT2D eigenvalue weighted by atomic mass is 10.4. The van der Waals surface area contributed by atoms with Crippen LogP contribution in [-0.2, 0) is 23.1 Å². The van der Waals surface area contributed by atoms with Crippen LogP contribution in [0.3, 0.4) is 0 Å². The molecule has 0 heterocycles. The first-order valence-corrected chi connectivity index (χ1v) is 8.55. The third-order valence-corrected chi connectivity index (χ3v) is 4.29. The van der Waals surface area contributed by atoms with Gasteiger partial charge in [-0.05, 0) is 19.8 Å². The van der Waals surface area contributed by atoms with E-state index in [1.807, 2.05) is 13.8 Å². The summed E-state index contributed by atoms with van der Waals surface area (Å²) in [5, 5.41) is 9.62. The lowest BCUT2D eigenvalue weighted by Crippen LogP contribution is -2.23. The van der Waals surface area contributed by atoms with Crippen LogP contribution in [0.2, 0.25) is 0 Å². The van der Waals surface area contributed by atoms with Crippen molar-refractivity contribution in [2.75, 3.05) is 26.0 Å². The van der Waals surface area contributed by atoms with Crippen LogP contribution >= 0.6 is 7.60 Å². The van der Waals surface area contributed by atoms with Crippen LogP contribution in [0.15, 0.2) is 12.2 Å². The van der Waals surface area contributed by atoms with E-state index in [1.165, 1.54) is 6.08 Å². The molecule has 2 unspecified atom stereocenters. The van der Waals surface area contributed by atoms with Crippen LogP contribution in [0.1, 0.15) is 33.6 Å². The molecule has 0 saturated carbocycles. The monoisotopic (exact) mass is 308 g/mol. The van der Waals surface area contributed by atoms with Crippen molar-refractivity contribution < 1.29 is 28.3 Å². The number of allylic oxidation sites excluding steroid dienone is 1. The lowest BCUT2D eigenvalue weighted by molar-refractivity contribution is -0.141. The smallest absolute Gasteiger partial charge is 0.330 e. The van der Waals surface area contributed by atoms with Gasteiger partial charge in [-0.25, -0.2) is 4.79 Å². The standard InChI is InChI=1S/C13H25O6P/c1-4-7-13(15)17-10-12(14)11-19-20(16,9-6-3)18-8-5-2/h4,7,12,14H,5-6,8-11H2,1-3H3. The predicted octanol–water partition coefficient (Wildman–Crippen LogP) is 2.51. The van der Waals surface area contributed by atoms with Crippen molar-refractivity contribution in [1.29, 1.82) is 0 Å². The summed E-state index contributed by atoms with van der Waals surface area (Å²) in [6.07, 6.45) is 3.46. The largest absolute Gasteiger partial charge is 0.460 e. The highest BCUT2D eigenvalue weighted by Gasteiger charge is 2.24. The van der Waals surface area contributed by atoms with E-state index in [9.17, 15) is 14.5 Å². The van der Waals surface area contributed by atoms with Crippen LogP contribution in [-0.4, -0.2) is 43.2 Å². The Balaban J connectivity index is 4.13. The fourth-order valence-corrected chi connectivity index (χ4v) is 3.02. The van der Waals surface area contributed by atoms with Crippen LogP contribution in [0.4, 0.5) is 0 Å². The molecule has 0 aromatic carbocycles. The average molecular weight is 308 g/mol. The minimum Gasteiger partial charge on any atom is -0.460 e. The van der Waals surface area contributed by atoms with E-state index in [4.69, 9.17) is 13.8 Å². The molecular formula is C13H25O6P. The van der Waals surface area contributed by atoms with Crippen LogP contribution < -0.4 is 0 Å². The zero-order chi connectivity index (χ0) is 15.4. The number of hydrogen-bond acceptors (Lipinski definition) is 6. The van der Waals surface area contributed by atoms with Gasteiger partial charge in [0.05, 0.1) is 13.2 Å². The summed E-state index contributed by atoms with van der Waals surface area (Å²) in [4.78, 5) is 11.1. The lowest BCUT2D eigenvalue weighted by Gasteiger charge is -2.19. The Labute approximate surface area is 120 Å². The maximum absolute atomic E-state index is 12.2. The molecule has 2 atom stereocenters. The first-order chi connectivity index (χ1) is 9.47. The number of esters is 1. The van der Waals surface area contributed by atoms with Crippen molar-refractivity contribution in [3.8, 4) is 0 Å². The molecule has 0 aliphatic carbocycles. The normalized spacial score (nSPS) is 16.0. The van der Waals surface area contributed by atoms with E-state index in [2.05, 4.69) is 0 Å². The van der Waals surface area contributed by atoms with Crippen LogP contribution in [0, 0.1) is 0 Å². The molecule has 118 valence electrons. The zero-order valence-electron chi connectivity index (χ0n) is 12.4. The third-order valence-electron chi connectivity index (χ3n) is 2.17. The number of ether oxygens (including phenoxy) is 1. The maximum atomic E-state index is 12.2. The molecule has 20 heavy (non-hydrogen) atoms. The first kappa shape index (κ1) is 19.3. The molecule has 0 rings (SSSR count). The summed E-state index contributed by atoms with van der Waals surface area (Å²) >= 11 is 0. The van der Waals surface area contributed by atoms with Gasteiger partial charge in [0.15, 0.2) is 0 Å². The number of rotatable bonds is 11. The summed E-state index contributed by atoms with van der Waals surface area (Å²) < 4.78 is 27.4. The van der Waals surface area contributed by atoms with Crippen molar-refractivity contribution in [1.82, 2.24) is 0 Å². The van der Waals surface area contributed by atoms with Crippen molar-refractivity contribution in [2.24, 2.45) is 0 Å². The molecule has 7 heteroatoms. The molecule has 1 N–H and O–H groups in total. The molecule has 6 nitrogen and oxygen atoms in total. The third kappa shape index (κ3) is 9.26. The molecule has 0 bridgehead atoms. The van der Waals surface area contributed by atoms with E-state index < -0.39 is 19.7 Å². The molecule has 0 fully saturated rings. The van der Waals surface area contributed by atoms with Crippen LogP contribution in [0.5, 0.6) is 0 Å². The minimum absolute atomic E-state index is 0.190. The van der Waals surface area contributed by atoms with Gasteiger partial charge in [-0.1, -0.05) is 19.9 Å². The van der Waals surface area contributed by atoms with Gasteiger partial charge in [-0.15, -0.1) is 0 Å². The molecule has 0 spiro atoms. The number of aliphatic hydroxyl groups is 1. The van der Waals surface area contributed by atoms with Gasteiger partial charge in [0.25, 0.3) is 0 Å². The highest BCUT2D eigenvalue weighted by atomic mass is 31.2. The van der Waals surface area contributed by atoms with E-state index >= 15 is 0 Å². The fraction of sp³-hybridized carbons (Fsp3) is 0.769. The Morgan fingerprint density at radius 3 is 2.50 bits per heavy atom. The average Bonchev–Trinajstić information content (AvgIpc) is 2.41. The Morgan fingerprint density at radius 1 is 1.25 bits per heavy atom. The molecule has 0 amide bonds. The Kier molecular flexibility index (Phi) is 10.7. The van der Waals surface area contributed by atoms with E-state index in [1.54, 1.807) is 13.0 Å². The van der Waals surface area contributed by atoms with Gasteiger partial charge in [-0.2, -0.15) is 0 Å². The summed E-state index contributed by atoms with van der Waals surface area (Å²) in [6.45, 7) is 5.43. The minimum atomic E-state index is -3.16. The second-order valence-electron chi connectivity index (χ2n) is 4.25. The first-order valence-electron chi connectivity index (χ1n) is 6.83. The number of carbonyl (C=O) groups is 1. The fourth-order valence-electron chi connectivity index (χ4n) is 1.28. The quantitative estimate of drug-likeness (QED) is 0.359. The summed E-state index contributed by atoms with van der Waals surface area (Å²) in [7, 11) is -3.16. The van der Waals surface area contributed by atoms with Gasteiger partial charge in [-0.3, -0.25) is 4.57 Å². The van der Waals surface area contributed by atoms with Gasteiger partial charge in [0.2, 0.25) is 0 Å². The zero-order valence-corrected chi connectivity index (χ0v) is 13.3. The van der Waals surface area contributed by atoms with Crippen molar-refractivity contribution >= 4 is 13.6 Å². The number of hydrogen-bond donors (Lipinski definition) is 1. The van der Waals surface area contributed by atoms with Gasteiger partial charge < -0.3 is 18.9 Å². The van der Waals surface area contributed by atoms with E-state index in [-0.39, 0.29) is 13.2 Å². The number of aliphatic hydroxyl groups excluding tert-OH is 1. The van der Waals surface area contributed by atoms with Crippen molar-refractivity contribution in [3.63, 3.8) is 0 Å². The molecule has 0 aliphatic rings. The highest BCUT2D eigenvalue weighted by Crippen LogP contribution is 2.48.